The molecule has 4 heterocycles. The second-order valence-electron chi connectivity index (χ2n) is 7.69. The second kappa shape index (κ2) is 6.24. The molecule has 0 bridgehead atoms. The van der Waals surface area contributed by atoms with Gasteiger partial charge in [-0.2, -0.15) is 5.10 Å². The number of hydrogen-bond acceptors (Lipinski definition) is 6. The van der Waals surface area contributed by atoms with Gasteiger partial charge in [-0.05, 0) is 18.9 Å². The summed E-state index contributed by atoms with van der Waals surface area (Å²) in [5.74, 6) is 3.06. The average molecular weight is 374 g/mol. The van der Waals surface area contributed by atoms with E-state index in [1.807, 2.05) is 0 Å². The fourth-order valence-electron chi connectivity index (χ4n) is 4.15. The minimum atomic E-state index is -2.58. The van der Waals surface area contributed by atoms with E-state index in [2.05, 4.69) is 30.0 Å². The van der Waals surface area contributed by atoms with Crippen molar-refractivity contribution in [1.29, 1.82) is 0 Å². The fraction of sp³-hybridized carbons (Fsp3) is 0.556. The van der Waals surface area contributed by atoms with E-state index in [0.29, 0.717) is 23.5 Å². The molecule has 2 atom stereocenters. The first-order valence-corrected chi connectivity index (χ1v) is 9.29. The summed E-state index contributed by atoms with van der Waals surface area (Å²) in [7, 11) is 0. The van der Waals surface area contributed by atoms with E-state index in [-0.39, 0.29) is 17.2 Å². The summed E-state index contributed by atoms with van der Waals surface area (Å²) in [5.41, 5.74) is -0.382. The summed E-state index contributed by atoms with van der Waals surface area (Å²) >= 11 is 0. The Morgan fingerprint density at radius 2 is 1.67 bits per heavy atom. The fourth-order valence-corrected chi connectivity index (χ4v) is 4.15. The summed E-state index contributed by atoms with van der Waals surface area (Å²) in [5, 5.41) is 6.58. The van der Waals surface area contributed by atoms with Crippen molar-refractivity contribution in [2.24, 2.45) is 11.8 Å². The van der Waals surface area contributed by atoms with Crippen LogP contribution < -0.4 is 15.4 Å². The quantitative estimate of drug-likeness (QED) is 0.881. The van der Waals surface area contributed by atoms with Crippen molar-refractivity contribution in [3.63, 3.8) is 0 Å². The van der Waals surface area contributed by atoms with Gasteiger partial charge >= 0.3 is 0 Å². The van der Waals surface area contributed by atoms with E-state index in [1.54, 1.807) is 6.07 Å². The van der Waals surface area contributed by atoms with Crippen molar-refractivity contribution in [1.82, 2.24) is 20.2 Å². The van der Waals surface area contributed by atoms with E-state index < -0.39 is 6.43 Å². The summed E-state index contributed by atoms with van der Waals surface area (Å²) in [4.78, 5) is 24.1. The molecule has 2 aromatic heterocycles. The molecule has 2 unspecified atom stereocenters. The molecule has 2 aromatic rings. The standard InChI is InChI=1S/C18H20F2N6O/c19-17(20)13-5-15(22-18(21-13)10-1-2-10)26-8-11-6-25(7-12(11)9-26)14-3-4-16(27)24-23-14/h3-5,10-12,17H,1-2,6-9H2,(H,24,27). The van der Waals surface area contributed by atoms with Crippen molar-refractivity contribution in [3.8, 4) is 0 Å². The molecule has 5 rings (SSSR count). The summed E-state index contributed by atoms with van der Waals surface area (Å²) < 4.78 is 26.5. The van der Waals surface area contributed by atoms with Crippen LogP contribution >= 0.6 is 0 Å². The van der Waals surface area contributed by atoms with Crippen molar-refractivity contribution >= 4 is 11.6 Å². The molecular formula is C18H20F2N6O. The predicted molar refractivity (Wildman–Crippen MR) is 95.2 cm³/mol. The highest BCUT2D eigenvalue weighted by Gasteiger charge is 2.41. The molecule has 3 aliphatic rings. The molecule has 1 N–H and O–H groups in total. The Labute approximate surface area is 154 Å². The van der Waals surface area contributed by atoms with Gasteiger partial charge in [0.2, 0.25) is 0 Å². The second-order valence-corrected chi connectivity index (χ2v) is 7.69. The third-order valence-corrected chi connectivity index (χ3v) is 5.71. The third-order valence-electron chi connectivity index (χ3n) is 5.71. The van der Waals surface area contributed by atoms with Gasteiger partial charge in [0.15, 0.2) is 0 Å². The lowest BCUT2D eigenvalue weighted by Crippen LogP contribution is -2.30. The average Bonchev–Trinajstić information content (AvgIpc) is 3.32. The number of hydrogen-bond donors (Lipinski definition) is 1. The van der Waals surface area contributed by atoms with Crippen LogP contribution in [-0.4, -0.2) is 46.3 Å². The lowest BCUT2D eigenvalue weighted by Gasteiger charge is -2.23. The molecule has 0 radical (unpaired) electrons. The number of H-pyrrole nitrogens is 1. The van der Waals surface area contributed by atoms with E-state index in [0.717, 1.165) is 44.8 Å². The number of aromatic nitrogens is 4. The maximum absolute atomic E-state index is 13.2. The van der Waals surface area contributed by atoms with Gasteiger partial charge in [0, 0.05) is 56.1 Å². The van der Waals surface area contributed by atoms with E-state index in [1.165, 1.54) is 12.1 Å². The topological polar surface area (TPSA) is 78.0 Å². The van der Waals surface area contributed by atoms with Crippen LogP contribution in [0, 0.1) is 11.8 Å². The predicted octanol–water partition coefficient (Wildman–Crippen LogP) is 1.95. The summed E-state index contributed by atoms with van der Waals surface area (Å²) in [6.07, 6.45) is -0.607. The molecule has 9 heteroatoms. The molecule has 1 aliphatic carbocycles. The Morgan fingerprint density at radius 1 is 1.00 bits per heavy atom. The number of anilines is 2. The van der Waals surface area contributed by atoms with Crippen LogP contribution in [0.4, 0.5) is 20.4 Å². The Bertz CT molecular complexity index is 860. The molecule has 0 spiro atoms. The van der Waals surface area contributed by atoms with Crippen LogP contribution in [0.5, 0.6) is 0 Å². The van der Waals surface area contributed by atoms with Gasteiger partial charge in [0.1, 0.15) is 23.2 Å². The molecule has 2 saturated heterocycles. The number of aromatic amines is 1. The smallest absolute Gasteiger partial charge is 0.280 e. The Hall–Kier alpha value is -2.58. The number of fused-ring (bicyclic) bond motifs is 1. The van der Waals surface area contributed by atoms with Gasteiger partial charge in [0.25, 0.3) is 12.0 Å². The van der Waals surface area contributed by atoms with Crippen molar-refractivity contribution in [2.45, 2.75) is 25.2 Å². The molecular weight excluding hydrogens is 354 g/mol. The van der Waals surface area contributed by atoms with Crippen molar-refractivity contribution in [3.05, 3.63) is 40.1 Å². The summed E-state index contributed by atoms with van der Waals surface area (Å²) in [6, 6.07) is 4.66. The maximum atomic E-state index is 13.2. The number of halogens is 2. The largest absolute Gasteiger partial charge is 0.356 e. The maximum Gasteiger partial charge on any atom is 0.280 e. The molecule has 7 nitrogen and oxygen atoms in total. The highest BCUT2D eigenvalue weighted by molar-refractivity contribution is 5.45. The van der Waals surface area contributed by atoms with Gasteiger partial charge < -0.3 is 9.80 Å². The lowest BCUT2D eigenvalue weighted by atomic mass is 10.0. The highest BCUT2D eigenvalue weighted by Crippen LogP contribution is 2.40. The van der Waals surface area contributed by atoms with E-state index in [9.17, 15) is 13.6 Å². The molecule has 0 aromatic carbocycles. The van der Waals surface area contributed by atoms with Crippen LogP contribution in [0.2, 0.25) is 0 Å². The van der Waals surface area contributed by atoms with E-state index >= 15 is 0 Å². The first-order chi connectivity index (χ1) is 13.1. The number of nitrogens with zero attached hydrogens (tertiary/aromatic N) is 5. The first-order valence-electron chi connectivity index (χ1n) is 9.29. The van der Waals surface area contributed by atoms with Gasteiger partial charge in [-0.3, -0.25) is 4.79 Å². The molecule has 27 heavy (non-hydrogen) atoms. The SMILES string of the molecule is O=c1ccc(N2CC3CN(c4cc(C(F)F)nc(C5CC5)n4)CC3C2)n[nH]1. The van der Waals surface area contributed by atoms with Crippen LogP contribution in [-0.2, 0) is 0 Å². The minimum Gasteiger partial charge on any atom is -0.356 e. The normalized spacial score (nSPS) is 24.7. The Kier molecular flexibility index (Phi) is 3.84. The minimum absolute atomic E-state index is 0.168. The molecule has 1 saturated carbocycles. The number of nitrogens with one attached hydrogen (secondary N) is 1. The molecule has 2 aliphatic heterocycles. The molecule has 3 fully saturated rings. The van der Waals surface area contributed by atoms with Gasteiger partial charge in [0.05, 0.1) is 0 Å². The van der Waals surface area contributed by atoms with Crippen LogP contribution in [0.1, 0.15) is 36.7 Å². The van der Waals surface area contributed by atoms with Crippen LogP contribution in [0.25, 0.3) is 0 Å². The summed E-state index contributed by atoms with van der Waals surface area (Å²) in [6.45, 7) is 3.24. The zero-order chi connectivity index (χ0) is 18.5. The Balaban J connectivity index is 1.33. The highest BCUT2D eigenvalue weighted by atomic mass is 19.3. The van der Waals surface area contributed by atoms with Gasteiger partial charge in [-0.25, -0.2) is 23.8 Å². The van der Waals surface area contributed by atoms with Crippen molar-refractivity contribution < 1.29 is 8.78 Å². The van der Waals surface area contributed by atoms with E-state index in [4.69, 9.17) is 0 Å². The molecule has 142 valence electrons. The van der Waals surface area contributed by atoms with Gasteiger partial charge in [-0.1, -0.05) is 0 Å². The molecule has 0 amide bonds. The first kappa shape index (κ1) is 16.6. The Morgan fingerprint density at radius 3 is 2.22 bits per heavy atom. The van der Waals surface area contributed by atoms with Crippen molar-refractivity contribution in [2.75, 3.05) is 36.0 Å². The zero-order valence-electron chi connectivity index (χ0n) is 14.7. The van der Waals surface area contributed by atoms with Crippen LogP contribution in [0.3, 0.4) is 0 Å². The number of rotatable bonds is 4. The van der Waals surface area contributed by atoms with Gasteiger partial charge in [-0.15, -0.1) is 0 Å². The van der Waals surface area contributed by atoms with Crippen LogP contribution in [0.15, 0.2) is 23.0 Å². The monoisotopic (exact) mass is 374 g/mol. The number of alkyl halides is 2. The lowest BCUT2D eigenvalue weighted by molar-refractivity contribution is 0.145. The zero-order valence-corrected chi connectivity index (χ0v) is 14.7. The third kappa shape index (κ3) is 3.15.